The van der Waals surface area contributed by atoms with Gasteiger partial charge in [-0.25, -0.2) is 4.79 Å². The maximum Gasteiger partial charge on any atom is 0.326 e. The molecule has 4 atom stereocenters. The molecule has 0 aliphatic carbocycles. The molecule has 0 aliphatic rings. The van der Waals surface area contributed by atoms with E-state index in [1.807, 2.05) is 0 Å². The molecule has 0 bridgehead atoms. The third kappa shape index (κ3) is 10.4. The van der Waals surface area contributed by atoms with E-state index in [1.165, 1.54) is 6.92 Å². The number of nitrogens with one attached hydrogen (secondary N) is 3. The Bertz CT molecular complexity index is 608. The van der Waals surface area contributed by atoms with Crippen molar-refractivity contribution in [1.82, 2.24) is 16.0 Å². The summed E-state index contributed by atoms with van der Waals surface area (Å²) in [6, 6.07) is -4.04. The molecule has 0 spiro atoms. The number of aliphatic carboxylic acids is 2. The Morgan fingerprint density at radius 1 is 0.897 bits per heavy atom. The summed E-state index contributed by atoms with van der Waals surface area (Å²) in [6.45, 7) is 4.31. The van der Waals surface area contributed by atoms with E-state index in [9.17, 15) is 34.2 Å². The van der Waals surface area contributed by atoms with Gasteiger partial charge in [-0.05, 0) is 25.7 Å². The van der Waals surface area contributed by atoms with Crippen LogP contribution in [0.25, 0.3) is 0 Å². The molecule has 0 heterocycles. The first-order valence-electron chi connectivity index (χ1n) is 9.11. The molecular formula is C17H30N4O8. The van der Waals surface area contributed by atoms with E-state index in [-0.39, 0.29) is 18.8 Å². The van der Waals surface area contributed by atoms with E-state index in [1.54, 1.807) is 13.8 Å². The van der Waals surface area contributed by atoms with E-state index in [2.05, 4.69) is 16.0 Å². The molecule has 0 aromatic carbocycles. The number of hydrogen-bond donors (Lipinski definition) is 7. The van der Waals surface area contributed by atoms with Crippen molar-refractivity contribution >= 4 is 29.7 Å². The van der Waals surface area contributed by atoms with Crippen LogP contribution in [0.3, 0.4) is 0 Å². The predicted octanol–water partition coefficient (Wildman–Crippen LogP) is -2.22. The molecule has 8 N–H and O–H groups in total. The minimum Gasteiger partial charge on any atom is -0.481 e. The van der Waals surface area contributed by atoms with E-state index >= 15 is 0 Å². The normalized spacial score (nSPS) is 15.0. The van der Waals surface area contributed by atoms with Gasteiger partial charge in [-0.2, -0.15) is 0 Å². The standard InChI is InChI=1S/C17H30N4O8/c1-8(2)6-11(17(28)29)20-16(27)14(9(3)22)21-15(26)10(4-5-13(24)25)19-12(23)7-18/h8-11,14,22H,4-7,18H2,1-3H3,(H,19,23)(H,20,27)(H,21,26)(H,24,25)(H,28,29). The van der Waals surface area contributed by atoms with E-state index in [0.29, 0.717) is 0 Å². The minimum absolute atomic E-state index is 0.0390. The number of carboxylic acid groups (broad SMARTS) is 2. The first-order chi connectivity index (χ1) is 13.4. The number of nitrogens with two attached hydrogens (primary N) is 1. The van der Waals surface area contributed by atoms with Crippen molar-refractivity contribution in [1.29, 1.82) is 0 Å². The van der Waals surface area contributed by atoms with Gasteiger partial charge in [0.2, 0.25) is 17.7 Å². The number of carbonyl (C=O) groups is 5. The molecule has 0 rings (SSSR count). The van der Waals surface area contributed by atoms with Crippen molar-refractivity contribution in [3.05, 3.63) is 0 Å². The van der Waals surface area contributed by atoms with E-state index in [0.717, 1.165) is 0 Å². The topological polar surface area (TPSA) is 208 Å². The van der Waals surface area contributed by atoms with Gasteiger partial charge in [0.15, 0.2) is 0 Å². The Balaban J connectivity index is 5.30. The molecule has 4 unspecified atom stereocenters. The summed E-state index contributed by atoms with van der Waals surface area (Å²) < 4.78 is 0. The lowest BCUT2D eigenvalue weighted by Gasteiger charge is -2.26. The number of rotatable bonds is 13. The zero-order valence-corrected chi connectivity index (χ0v) is 16.7. The molecule has 166 valence electrons. The fourth-order valence-corrected chi connectivity index (χ4v) is 2.40. The smallest absolute Gasteiger partial charge is 0.326 e. The van der Waals surface area contributed by atoms with Crippen LogP contribution in [0.2, 0.25) is 0 Å². The van der Waals surface area contributed by atoms with E-state index < -0.39 is 66.9 Å². The fourth-order valence-electron chi connectivity index (χ4n) is 2.40. The Hall–Kier alpha value is -2.73. The third-order valence-corrected chi connectivity index (χ3v) is 3.87. The van der Waals surface area contributed by atoms with Gasteiger partial charge in [0, 0.05) is 6.42 Å². The summed E-state index contributed by atoms with van der Waals surface area (Å²) in [7, 11) is 0. The van der Waals surface area contributed by atoms with Crippen LogP contribution in [0.15, 0.2) is 0 Å². The number of aliphatic hydroxyl groups is 1. The van der Waals surface area contributed by atoms with Crippen LogP contribution < -0.4 is 21.7 Å². The molecule has 0 aromatic rings. The Morgan fingerprint density at radius 2 is 1.48 bits per heavy atom. The second kappa shape index (κ2) is 12.7. The number of amides is 3. The lowest BCUT2D eigenvalue weighted by atomic mass is 10.0. The highest BCUT2D eigenvalue weighted by Crippen LogP contribution is 2.07. The molecule has 0 saturated heterocycles. The molecule has 0 saturated carbocycles. The largest absolute Gasteiger partial charge is 0.481 e. The van der Waals surface area contributed by atoms with Gasteiger partial charge in [-0.15, -0.1) is 0 Å². The van der Waals surface area contributed by atoms with Crippen LogP contribution in [0.4, 0.5) is 0 Å². The van der Waals surface area contributed by atoms with Crippen molar-refractivity contribution < 1.29 is 39.3 Å². The van der Waals surface area contributed by atoms with Crippen LogP contribution in [-0.4, -0.2) is 75.8 Å². The lowest BCUT2D eigenvalue weighted by molar-refractivity contribution is -0.143. The molecule has 0 fully saturated rings. The molecule has 0 aliphatic heterocycles. The summed E-state index contributed by atoms with van der Waals surface area (Å²) in [6.07, 6.45) is -1.97. The molecular weight excluding hydrogens is 388 g/mol. The van der Waals surface area contributed by atoms with Gasteiger partial charge >= 0.3 is 11.9 Å². The van der Waals surface area contributed by atoms with Crippen LogP contribution in [-0.2, 0) is 24.0 Å². The SMILES string of the molecule is CC(C)CC(NC(=O)C(NC(=O)C(CCC(=O)O)NC(=O)CN)C(C)O)C(=O)O. The molecule has 12 nitrogen and oxygen atoms in total. The first kappa shape index (κ1) is 26.3. The summed E-state index contributed by atoms with van der Waals surface area (Å²) in [4.78, 5) is 58.5. The molecule has 3 amide bonds. The fraction of sp³-hybridized carbons (Fsp3) is 0.706. The van der Waals surface area contributed by atoms with Crippen LogP contribution in [0.1, 0.15) is 40.0 Å². The van der Waals surface area contributed by atoms with Gasteiger partial charge in [0.05, 0.1) is 12.6 Å². The second-order valence-corrected chi connectivity index (χ2v) is 7.01. The van der Waals surface area contributed by atoms with Crippen molar-refractivity contribution in [3.63, 3.8) is 0 Å². The maximum atomic E-state index is 12.5. The highest BCUT2D eigenvalue weighted by Gasteiger charge is 2.32. The number of hydrogen-bond acceptors (Lipinski definition) is 7. The van der Waals surface area contributed by atoms with E-state index in [4.69, 9.17) is 10.8 Å². The summed E-state index contributed by atoms with van der Waals surface area (Å²) in [5.41, 5.74) is 5.18. The Morgan fingerprint density at radius 3 is 1.90 bits per heavy atom. The van der Waals surface area contributed by atoms with Crippen LogP contribution in [0.5, 0.6) is 0 Å². The predicted molar refractivity (Wildman–Crippen MR) is 100 cm³/mol. The average molecular weight is 418 g/mol. The highest BCUT2D eigenvalue weighted by molar-refractivity contribution is 5.94. The van der Waals surface area contributed by atoms with Gasteiger partial charge in [-0.3, -0.25) is 19.2 Å². The quantitative estimate of drug-likeness (QED) is 0.172. The monoisotopic (exact) mass is 418 g/mol. The zero-order chi connectivity index (χ0) is 22.7. The summed E-state index contributed by atoms with van der Waals surface area (Å²) in [5.74, 6) is -5.06. The Kier molecular flexibility index (Phi) is 11.5. The highest BCUT2D eigenvalue weighted by atomic mass is 16.4. The van der Waals surface area contributed by atoms with Crippen molar-refractivity contribution in [3.8, 4) is 0 Å². The average Bonchev–Trinajstić information content (AvgIpc) is 2.60. The van der Waals surface area contributed by atoms with Gasteiger partial charge in [-0.1, -0.05) is 13.8 Å². The van der Waals surface area contributed by atoms with Crippen molar-refractivity contribution in [2.75, 3.05) is 6.54 Å². The molecule has 12 heteroatoms. The van der Waals surface area contributed by atoms with Crippen LogP contribution in [0, 0.1) is 5.92 Å². The molecule has 0 aromatic heterocycles. The molecule has 29 heavy (non-hydrogen) atoms. The Labute approximate surface area is 168 Å². The first-order valence-corrected chi connectivity index (χ1v) is 9.11. The van der Waals surface area contributed by atoms with Gasteiger partial charge in [0.1, 0.15) is 18.1 Å². The number of carbonyl (C=O) groups excluding carboxylic acids is 3. The van der Waals surface area contributed by atoms with Crippen molar-refractivity contribution in [2.45, 2.75) is 64.3 Å². The van der Waals surface area contributed by atoms with Gasteiger partial charge in [0.25, 0.3) is 0 Å². The van der Waals surface area contributed by atoms with Crippen molar-refractivity contribution in [2.24, 2.45) is 11.7 Å². The van der Waals surface area contributed by atoms with Gasteiger partial charge < -0.3 is 37.0 Å². The minimum atomic E-state index is -1.52. The number of carboxylic acids is 2. The molecule has 0 radical (unpaired) electrons. The second-order valence-electron chi connectivity index (χ2n) is 7.01. The zero-order valence-electron chi connectivity index (χ0n) is 16.7. The number of aliphatic hydroxyl groups excluding tert-OH is 1. The summed E-state index contributed by atoms with van der Waals surface area (Å²) in [5, 5.41) is 34.6. The maximum absolute atomic E-state index is 12.5. The third-order valence-electron chi connectivity index (χ3n) is 3.87. The lowest BCUT2D eigenvalue weighted by Crippen LogP contribution is -2.59. The summed E-state index contributed by atoms with van der Waals surface area (Å²) >= 11 is 0. The van der Waals surface area contributed by atoms with Crippen LogP contribution >= 0.6 is 0 Å².